The molecule has 0 radical (unpaired) electrons. The first-order valence-corrected chi connectivity index (χ1v) is 7.41. The van der Waals surface area contributed by atoms with E-state index in [-0.39, 0.29) is 5.41 Å². The molecular formula is C13H16BrNO2S. The van der Waals surface area contributed by atoms with E-state index in [1.54, 1.807) is 23.7 Å². The molecular weight excluding hydrogens is 314 g/mol. The van der Waals surface area contributed by atoms with Gasteiger partial charge in [-0.15, -0.1) is 11.3 Å². The van der Waals surface area contributed by atoms with E-state index >= 15 is 0 Å². The molecule has 0 aliphatic carbocycles. The van der Waals surface area contributed by atoms with Gasteiger partial charge in [0.2, 0.25) is 0 Å². The molecule has 1 N–H and O–H groups in total. The number of hydrogen-bond donors (Lipinski definition) is 1. The molecule has 0 aliphatic rings. The molecule has 1 unspecified atom stereocenters. The standard InChI is InChI=1S/C13H16BrNO2S/c1-13(2,3)10-7-18-11(15-10)6-9(16)12-8(14)4-5-17-12/h4-5,7,9,16H,6H2,1-3H3. The van der Waals surface area contributed by atoms with Crippen molar-refractivity contribution in [3.05, 3.63) is 38.6 Å². The molecule has 2 rings (SSSR count). The maximum Gasteiger partial charge on any atom is 0.146 e. The summed E-state index contributed by atoms with van der Waals surface area (Å²) in [5.41, 5.74) is 1.11. The van der Waals surface area contributed by atoms with Gasteiger partial charge < -0.3 is 9.52 Å². The first-order chi connectivity index (χ1) is 8.38. The van der Waals surface area contributed by atoms with Gasteiger partial charge in [0.05, 0.1) is 21.4 Å². The molecule has 2 aromatic heterocycles. The summed E-state index contributed by atoms with van der Waals surface area (Å²) < 4.78 is 6.05. The van der Waals surface area contributed by atoms with Crippen LogP contribution in [-0.4, -0.2) is 10.1 Å². The highest BCUT2D eigenvalue weighted by Crippen LogP contribution is 2.29. The van der Waals surface area contributed by atoms with Crippen molar-refractivity contribution in [2.75, 3.05) is 0 Å². The summed E-state index contributed by atoms with van der Waals surface area (Å²) >= 11 is 4.93. The van der Waals surface area contributed by atoms with Crippen molar-refractivity contribution in [1.29, 1.82) is 0 Å². The quantitative estimate of drug-likeness (QED) is 0.923. The maximum absolute atomic E-state index is 10.1. The molecule has 2 aromatic rings. The van der Waals surface area contributed by atoms with Gasteiger partial charge in [-0.1, -0.05) is 20.8 Å². The minimum atomic E-state index is -0.659. The average Bonchev–Trinajstić information content (AvgIpc) is 2.85. The number of furan rings is 1. The normalized spacial score (nSPS) is 13.8. The van der Waals surface area contributed by atoms with Crippen LogP contribution in [0.25, 0.3) is 0 Å². The molecule has 3 nitrogen and oxygen atoms in total. The Balaban J connectivity index is 2.11. The number of aliphatic hydroxyl groups is 1. The van der Waals surface area contributed by atoms with Gasteiger partial charge in [0, 0.05) is 17.2 Å². The summed E-state index contributed by atoms with van der Waals surface area (Å²) in [4.78, 5) is 4.56. The van der Waals surface area contributed by atoms with Crippen molar-refractivity contribution in [2.24, 2.45) is 0 Å². The van der Waals surface area contributed by atoms with Crippen molar-refractivity contribution in [2.45, 2.75) is 38.7 Å². The number of rotatable bonds is 3. The van der Waals surface area contributed by atoms with Crippen LogP contribution in [0.1, 0.15) is 43.3 Å². The molecule has 0 aromatic carbocycles. The van der Waals surface area contributed by atoms with E-state index in [1.165, 1.54) is 0 Å². The lowest BCUT2D eigenvalue weighted by Crippen LogP contribution is -2.11. The summed E-state index contributed by atoms with van der Waals surface area (Å²) in [6.45, 7) is 6.39. The van der Waals surface area contributed by atoms with E-state index in [2.05, 4.69) is 47.1 Å². The van der Waals surface area contributed by atoms with Crippen LogP contribution in [0.5, 0.6) is 0 Å². The van der Waals surface area contributed by atoms with E-state index in [0.717, 1.165) is 15.2 Å². The van der Waals surface area contributed by atoms with Crippen molar-refractivity contribution in [3.63, 3.8) is 0 Å². The molecule has 0 fully saturated rings. The lowest BCUT2D eigenvalue weighted by Gasteiger charge is -2.14. The molecule has 0 spiro atoms. The highest BCUT2D eigenvalue weighted by Gasteiger charge is 2.20. The van der Waals surface area contributed by atoms with Crippen molar-refractivity contribution in [3.8, 4) is 0 Å². The van der Waals surface area contributed by atoms with Crippen LogP contribution < -0.4 is 0 Å². The van der Waals surface area contributed by atoms with Gasteiger partial charge in [0.1, 0.15) is 11.9 Å². The molecule has 18 heavy (non-hydrogen) atoms. The Labute approximate surface area is 119 Å². The summed E-state index contributed by atoms with van der Waals surface area (Å²) in [7, 11) is 0. The number of nitrogens with zero attached hydrogens (tertiary/aromatic N) is 1. The van der Waals surface area contributed by atoms with Gasteiger partial charge in [0.15, 0.2) is 0 Å². The molecule has 0 amide bonds. The molecule has 5 heteroatoms. The van der Waals surface area contributed by atoms with Crippen molar-refractivity contribution in [1.82, 2.24) is 4.98 Å². The Bertz CT molecular complexity index is 527. The Morgan fingerprint density at radius 2 is 2.22 bits per heavy atom. The highest BCUT2D eigenvalue weighted by molar-refractivity contribution is 9.10. The Kier molecular flexibility index (Phi) is 3.94. The average molecular weight is 330 g/mol. The largest absolute Gasteiger partial charge is 0.465 e. The van der Waals surface area contributed by atoms with Gasteiger partial charge in [0.25, 0.3) is 0 Å². The molecule has 0 bridgehead atoms. The third-order valence-corrected chi connectivity index (χ3v) is 4.16. The van der Waals surface area contributed by atoms with E-state index in [1.807, 2.05) is 0 Å². The molecule has 1 atom stereocenters. The fraction of sp³-hybridized carbons (Fsp3) is 0.462. The third kappa shape index (κ3) is 3.02. The first kappa shape index (κ1) is 13.8. The van der Waals surface area contributed by atoms with Crippen molar-refractivity contribution < 1.29 is 9.52 Å². The van der Waals surface area contributed by atoms with Crippen LogP contribution in [0.15, 0.2) is 26.6 Å². The van der Waals surface area contributed by atoms with Crippen LogP contribution >= 0.6 is 27.3 Å². The number of thiazole rings is 1. The first-order valence-electron chi connectivity index (χ1n) is 5.74. The number of halogens is 1. The van der Waals surface area contributed by atoms with Gasteiger partial charge >= 0.3 is 0 Å². The van der Waals surface area contributed by atoms with Crippen LogP contribution in [-0.2, 0) is 11.8 Å². The molecule has 98 valence electrons. The molecule has 2 heterocycles. The predicted octanol–water partition coefficient (Wildman–Crippen LogP) is 4.07. The minimum absolute atomic E-state index is 0.0466. The van der Waals surface area contributed by atoms with E-state index < -0.39 is 6.10 Å². The lowest BCUT2D eigenvalue weighted by molar-refractivity contribution is 0.149. The maximum atomic E-state index is 10.1. The van der Waals surface area contributed by atoms with Crippen molar-refractivity contribution >= 4 is 27.3 Å². The number of aromatic nitrogens is 1. The zero-order valence-electron chi connectivity index (χ0n) is 10.6. The Hall–Kier alpha value is -0.650. The minimum Gasteiger partial charge on any atom is -0.465 e. The van der Waals surface area contributed by atoms with Gasteiger partial charge in [-0.2, -0.15) is 0 Å². The van der Waals surface area contributed by atoms with Gasteiger partial charge in [-0.3, -0.25) is 0 Å². The zero-order chi connectivity index (χ0) is 13.3. The number of aliphatic hydroxyl groups excluding tert-OH is 1. The van der Waals surface area contributed by atoms with Crippen LogP contribution in [0.4, 0.5) is 0 Å². The third-order valence-electron chi connectivity index (χ3n) is 2.64. The molecule has 0 aliphatic heterocycles. The second-order valence-corrected chi connectivity index (χ2v) is 7.03. The summed E-state index contributed by atoms with van der Waals surface area (Å²) in [6.07, 6.45) is 1.38. The monoisotopic (exact) mass is 329 g/mol. The van der Waals surface area contributed by atoms with Crippen LogP contribution in [0.2, 0.25) is 0 Å². The fourth-order valence-electron chi connectivity index (χ4n) is 1.55. The second kappa shape index (κ2) is 5.15. The SMILES string of the molecule is CC(C)(C)c1csc(CC(O)c2occc2Br)n1. The van der Waals surface area contributed by atoms with Crippen LogP contribution in [0, 0.1) is 0 Å². The lowest BCUT2D eigenvalue weighted by atomic mass is 9.93. The molecule has 0 saturated carbocycles. The van der Waals surface area contributed by atoms with Crippen LogP contribution in [0.3, 0.4) is 0 Å². The Morgan fingerprint density at radius 3 is 2.72 bits per heavy atom. The van der Waals surface area contributed by atoms with E-state index in [0.29, 0.717) is 12.2 Å². The van der Waals surface area contributed by atoms with Gasteiger partial charge in [-0.05, 0) is 22.0 Å². The number of hydrogen-bond acceptors (Lipinski definition) is 4. The summed E-state index contributed by atoms with van der Waals surface area (Å²) in [5, 5.41) is 13.1. The molecule has 0 saturated heterocycles. The predicted molar refractivity (Wildman–Crippen MR) is 75.9 cm³/mol. The smallest absolute Gasteiger partial charge is 0.146 e. The summed E-state index contributed by atoms with van der Waals surface area (Å²) in [6, 6.07) is 1.78. The topological polar surface area (TPSA) is 46.3 Å². The summed E-state index contributed by atoms with van der Waals surface area (Å²) in [5.74, 6) is 0.558. The fourth-order valence-corrected chi connectivity index (χ4v) is 3.08. The highest BCUT2D eigenvalue weighted by atomic mass is 79.9. The Morgan fingerprint density at radius 1 is 1.50 bits per heavy atom. The zero-order valence-corrected chi connectivity index (χ0v) is 13.0. The second-order valence-electron chi connectivity index (χ2n) is 5.23. The van der Waals surface area contributed by atoms with E-state index in [9.17, 15) is 5.11 Å². The van der Waals surface area contributed by atoms with E-state index in [4.69, 9.17) is 4.42 Å². The van der Waals surface area contributed by atoms with Gasteiger partial charge in [-0.25, -0.2) is 4.98 Å².